The SMILES string of the molecule is CC1(C)[C@@H]2C[C@]3(C)O[C@H]3C[C@@H]21. The van der Waals surface area contributed by atoms with Crippen LogP contribution in [0.25, 0.3) is 0 Å². The summed E-state index contributed by atoms with van der Waals surface area (Å²) in [6.45, 7) is 7.11. The number of fused-ring (bicyclic) bond motifs is 2. The molecule has 1 nitrogen and oxygen atoms in total. The largest absolute Gasteiger partial charge is 0.366 e. The van der Waals surface area contributed by atoms with Crippen molar-refractivity contribution in [3.63, 3.8) is 0 Å². The lowest BCUT2D eigenvalue weighted by molar-refractivity contribution is 0.282. The van der Waals surface area contributed by atoms with Crippen LogP contribution < -0.4 is 0 Å². The van der Waals surface area contributed by atoms with Crippen molar-refractivity contribution in [1.29, 1.82) is 0 Å². The van der Waals surface area contributed by atoms with Crippen LogP contribution in [-0.4, -0.2) is 11.7 Å². The molecule has 2 saturated carbocycles. The van der Waals surface area contributed by atoms with E-state index in [-0.39, 0.29) is 0 Å². The number of hydrogen-bond acceptors (Lipinski definition) is 1. The lowest BCUT2D eigenvalue weighted by Crippen LogP contribution is -2.16. The van der Waals surface area contributed by atoms with Gasteiger partial charge in [-0.1, -0.05) is 13.8 Å². The van der Waals surface area contributed by atoms with Crippen molar-refractivity contribution < 1.29 is 4.74 Å². The Morgan fingerprint density at radius 1 is 1.18 bits per heavy atom. The Morgan fingerprint density at radius 3 is 2.55 bits per heavy atom. The van der Waals surface area contributed by atoms with Crippen molar-refractivity contribution in [2.75, 3.05) is 0 Å². The van der Waals surface area contributed by atoms with Gasteiger partial charge in [-0.05, 0) is 37.0 Å². The standard InChI is InChI=1S/C10H16O/c1-9(2)6-4-8-10(3,11-8)5-7(6)9/h6-8H,4-5H2,1-3H3/t6-,7+,8-,10-/m0/s1. The van der Waals surface area contributed by atoms with Gasteiger partial charge in [-0.3, -0.25) is 0 Å². The molecule has 0 N–H and O–H groups in total. The monoisotopic (exact) mass is 152 g/mol. The van der Waals surface area contributed by atoms with Crippen molar-refractivity contribution >= 4 is 0 Å². The topological polar surface area (TPSA) is 12.5 Å². The van der Waals surface area contributed by atoms with Crippen LogP contribution in [0.3, 0.4) is 0 Å². The van der Waals surface area contributed by atoms with Crippen molar-refractivity contribution in [2.24, 2.45) is 17.3 Å². The van der Waals surface area contributed by atoms with Crippen LogP contribution in [0, 0.1) is 17.3 Å². The Hall–Kier alpha value is -0.0400. The molecule has 1 saturated heterocycles. The minimum atomic E-state index is 0.314. The quantitative estimate of drug-likeness (QED) is 0.485. The molecule has 11 heavy (non-hydrogen) atoms. The lowest BCUT2D eigenvalue weighted by Gasteiger charge is -2.09. The average molecular weight is 152 g/mol. The third-order valence-corrected chi connectivity index (χ3v) is 4.42. The molecule has 2 aliphatic carbocycles. The average Bonchev–Trinajstić information content (AvgIpc) is 2.68. The molecular formula is C10H16O. The van der Waals surface area contributed by atoms with Gasteiger partial charge in [0.2, 0.25) is 0 Å². The second kappa shape index (κ2) is 1.39. The van der Waals surface area contributed by atoms with Crippen LogP contribution in [0.1, 0.15) is 33.6 Å². The highest BCUT2D eigenvalue weighted by Crippen LogP contribution is 2.70. The van der Waals surface area contributed by atoms with Gasteiger partial charge < -0.3 is 4.74 Å². The highest BCUT2D eigenvalue weighted by Gasteiger charge is 2.70. The molecule has 1 heteroatoms. The molecule has 1 heterocycles. The van der Waals surface area contributed by atoms with E-state index in [9.17, 15) is 0 Å². The molecule has 3 rings (SSSR count). The minimum absolute atomic E-state index is 0.314. The number of rotatable bonds is 0. The molecule has 3 fully saturated rings. The van der Waals surface area contributed by atoms with E-state index in [1.807, 2.05) is 0 Å². The van der Waals surface area contributed by atoms with Gasteiger partial charge in [0.1, 0.15) is 0 Å². The number of hydrogen-bond donors (Lipinski definition) is 0. The van der Waals surface area contributed by atoms with E-state index >= 15 is 0 Å². The summed E-state index contributed by atoms with van der Waals surface area (Å²) in [6, 6.07) is 0. The molecule has 0 bridgehead atoms. The van der Waals surface area contributed by atoms with Gasteiger partial charge in [0.15, 0.2) is 0 Å². The molecular weight excluding hydrogens is 136 g/mol. The molecule has 0 spiro atoms. The first-order valence-electron chi connectivity index (χ1n) is 4.72. The Bertz CT molecular complexity index is 221. The van der Waals surface area contributed by atoms with E-state index in [1.54, 1.807) is 0 Å². The van der Waals surface area contributed by atoms with Crippen LogP contribution in [-0.2, 0) is 4.74 Å². The molecule has 0 aromatic carbocycles. The molecule has 3 aliphatic rings. The van der Waals surface area contributed by atoms with Crippen LogP contribution >= 0.6 is 0 Å². The fourth-order valence-corrected chi connectivity index (χ4v) is 3.17. The predicted molar refractivity (Wildman–Crippen MR) is 43.3 cm³/mol. The van der Waals surface area contributed by atoms with Crippen LogP contribution in [0.2, 0.25) is 0 Å². The first-order chi connectivity index (χ1) is 5.04. The van der Waals surface area contributed by atoms with Crippen molar-refractivity contribution in [1.82, 2.24) is 0 Å². The maximum atomic E-state index is 5.66. The van der Waals surface area contributed by atoms with E-state index in [4.69, 9.17) is 4.74 Å². The highest BCUT2D eigenvalue weighted by atomic mass is 16.6. The van der Waals surface area contributed by atoms with E-state index in [0.717, 1.165) is 11.8 Å². The highest BCUT2D eigenvalue weighted by molar-refractivity contribution is 5.18. The molecule has 0 unspecified atom stereocenters. The summed E-state index contributed by atoms with van der Waals surface area (Å²) in [7, 11) is 0. The zero-order valence-corrected chi connectivity index (χ0v) is 7.55. The van der Waals surface area contributed by atoms with E-state index < -0.39 is 0 Å². The molecule has 62 valence electrons. The Kier molecular flexibility index (Phi) is 0.820. The first-order valence-corrected chi connectivity index (χ1v) is 4.72. The Morgan fingerprint density at radius 2 is 1.91 bits per heavy atom. The van der Waals surface area contributed by atoms with Gasteiger partial charge >= 0.3 is 0 Å². The fourth-order valence-electron chi connectivity index (χ4n) is 3.17. The minimum Gasteiger partial charge on any atom is -0.366 e. The second-order valence-electron chi connectivity index (χ2n) is 5.39. The summed E-state index contributed by atoms with van der Waals surface area (Å²) in [5.74, 6) is 1.97. The summed E-state index contributed by atoms with van der Waals surface area (Å²) in [5, 5.41) is 0. The predicted octanol–water partition coefficient (Wildman–Crippen LogP) is 2.21. The molecule has 0 radical (unpaired) electrons. The molecule has 1 aliphatic heterocycles. The van der Waals surface area contributed by atoms with Crippen LogP contribution in [0.4, 0.5) is 0 Å². The second-order valence-corrected chi connectivity index (χ2v) is 5.39. The van der Waals surface area contributed by atoms with Gasteiger partial charge in [0.05, 0.1) is 11.7 Å². The smallest absolute Gasteiger partial charge is 0.0923 e. The third kappa shape index (κ3) is 0.618. The van der Waals surface area contributed by atoms with Gasteiger partial charge in [0.25, 0.3) is 0 Å². The summed E-state index contributed by atoms with van der Waals surface area (Å²) in [6.07, 6.45) is 3.30. The van der Waals surface area contributed by atoms with Gasteiger partial charge in [-0.2, -0.15) is 0 Å². The lowest BCUT2D eigenvalue weighted by atomic mass is 9.91. The van der Waals surface area contributed by atoms with E-state index in [2.05, 4.69) is 20.8 Å². The van der Waals surface area contributed by atoms with Gasteiger partial charge in [-0.15, -0.1) is 0 Å². The Labute approximate surface area is 68.1 Å². The van der Waals surface area contributed by atoms with Gasteiger partial charge in [0, 0.05) is 0 Å². The van der Waals surface area contributed by atoms with Crippen LogP contribution in [0.5, 0.6) is 0 Å². The summed E-state index contributed by atoms with van der Waals surface area (Å²) in [5.41, 5.74) is 0.967. The normalized spacial score (nSPS) is 63.0. The van der Waals surface area contributed by atoms with E-state index in [0.29, 0.717) is 17.1 Å². The third-order valence-electron chi connectivity index (χ3n) is 4.42. The summed E-state index contributed by atoms with van der Waals surface area (Å²) >= 11 is 0. The molecule has 0 amide bonds. The molecule has 4 atom stereocenters. The number of ether oxygens (including phenoxy) is 1. The molecule has 0 aromatic rings. The van der Waals surface area contributed by atoms with Crippen molar-refractivity contribution in [3.05, 3.63) is 0 Å². The fraction of sp³-hybridized carbons (Fsp3) is 1.00. The molecule has 0 aromatic heterocycles. The summed E-state index contributed by atoms with van der Waals surface area (Å²) in [4.78, 5) is 0. The first kappa shape index (κ1) is 6.47. The maximum Gasteiger partial charge on any atom is 0.0923 e. The van der Waals surface area contributed by atoms with Gasteiger partial charge in [-0.25, -0.2) is 0 Å². The Balaban J connectivity index is 1.85. The van der Waals surface area contributed by atoms with Crippen LogP contribution in [0.15, 0.2) is 0 Å². The zero-order chi connectivity index (χ0) is 7.85. The van der Waals surface area contributed by atoms with E-state index in [1.165, 1.54) is 12.8 Å². The summed E-state index contributed by atoms with van der Waals surface area (Å²) < 4.78 is 5.66. The number of epoxide rings is 1. The van der Waals surface area contributed by atoms with Crippen molar-refractivity contribution in [2.45, 2.75) is 45.3 Å². The zero-order valence-electron chi connectivity index (χ0n) is 7.55. The maximum absolute atomic E-state index is 5.66. The van der Waals surface area contributed by atoms with Crippen molar-refractivity contribution in [3.8, 4) is 0 Å².